The molecule has 7 heteroatoms. The molecule has 4 rings (SSSR count). The molecule has 1 N–H and O–H groups in total. The highest BCUT2D eigenvalue weighted by molar-refractivity contribution is 6.30. The van der Waals surface area contributed by atoms with Crippen LogP contribution in [0.5, 0.6) is 5.88 Å². The van der Waals surface area contributed by atoms with Crippen LogP contribution in [0.3, 0.4) is 0 Å². The van der Waals surface area contributed by atoms with Gasteiger partial charge in [-0.15, -0.1) is 0 Å². The highest BCUT2D eigenvalue weighted by Crippen LogP contribution is 2.47. The Morgan fingerprint density at radius 3 is 2.59 bits per heavy atom. The number of nitrogens with zero attached hydrogens (tertiary/aromatic N) is 2. The summed E-state index contributed by atoms with van der Waals surface area (Å²) in [5.41, 5.74) is 0.378. The number of hydrogen-bond donors (Lipinski definition) is 1. The Labute approximate surface area is 175 Å². The Hall–Kier alpha value is -2.60. The number of ether oxygens (including phenoxy) is 1. The second-order valence-corrected chi connectivity index (χ2v) is 8.18. The summed E-state index contributed by atoms with van der Waals surface area (Å²) >= 11 is 6.03. The molecule has 1 spiro atoms. The second-order valence-electron chi connectivity index (χ2n) is 7.74. The standard InChI is InChI=1S/C22H24ClN3O3/c1-3-14(2)19(27)24-18-11-10-17-20(25-18)29-22(12-4-5-13-22)21(28)26(17)16-8-6-15(23)7-9-16/h6-11,14H,3-5,12-13H2,1-2H3,(H,24,25,27)/t14-/m1/s1. The second kappa shape index (κ2) is 7.67. The van der Waals surface area contributed by atoms with E-state index in [1.807, 2.05) is 26.0 Å². The number of pyridine rings is 1. The van der Waals surface area contributed by atoms with E-state index in [2.05, 4.69) is 10.3 Å². The number of amides is 2. The number of aromatic nitrogens is 1. The van der Waals surface area contributed by atoms with Gasteiger partial charge in [-0.2, -0.15) is 4.98 Å². The van der Waals surface area contributed by atoms with Crippen LogP contribution in [0.4, 0.5) is 17.2 Å². The first-order valence-electron chi connectivity index (χ1n) is 10.0. The average molecular weight is 414 g/mol. The van der Waals surface area contributed by atoms with E-state index in [0.717, 1.165) is 19.3 Å². The van der Waals surface area contributed by atoms with Gasteiger partial charge in [-0.25, -0.2) is 0 Å². The lowest BCUT2D eigenvalue weighted by atomic mass is 9.97. The number of anilines is 3. The van der Waals surface area contributed by atoms with Crippen LogP contribution in [0.15, 0.2) is 36.4 Å². The predicted molar refractivity (Wildman–Crippen MR) is 113 cm³/mol. The third-order valence-electron chi connectivity index (χ3n) is 5.77. The molecule has 2 aliphatic rings. The van der Waals surface area contributed by atoms with Gasteiger partial charge >= 0.3 is 0 Å². The molecule has 0 radical (unpaired) electrons. The van der Waals surface area contributed by atoms with Crippen LogP contribution in [0.25, 0.3) is 0 Å². The topological polar surface area (TPSA) is 71.5 Å². The smallest absolute Gasteiger partial charge is 0.275 e. The van der Waals surface area contributed by atoms with E-state index in [0.29, 0.717) is 40.9 Å². The maximum absolute atomic E-state index is 13.5. The van der Waals surface area contributed by atoms with Crippen molar-refractivity contribution in [2.24, 2.45) is 5.92 Å². The summed E-state index contributed by atoms with van der Waals surface area (Å²) in [5, 5.41) is 3.45. The molecule has 1 saturated carbocycles. The summed E-state index contributed by atoms with van der Waals surface area (Å²) in [6.07, 6.45) is 3.91. The third-order valence-corrected chi connectivity index (χ3v) is 6.03. The van der Waals surface area contributed by atoms with Crippen LogP contribution in [0, 0.1) is 5.92 Å². The fraction of sp³-hybridized carbons (Fsp3) is 0.409. The van der Waals surface area contributed by atoms with E-state index in [1.54, 1.807) is 29.2 Å². The Morgan fingerprint density at radius 1 is 1.24 bits per heavy atom. The van der Waals surface area contributed by atoms with Crippen LogP contribution in [-0.2, 0) is 9.59 Å². The molecule has 6 nitrogen and oxygen atoms in total. The normalized spacial score (nSPS) is 18.3. The molecule has 152 valence electrons. The number of carbonyl (C=O) groups is 2. The van der Waals surface area contributed by atoms with Crippen molar-refractivity contribution in [3.05, 3.63) is 41.4 Å². The SMILES string of the molecule is CC[C@@H](C)C(=O)Nc1ccc2c(n1)OC1(CCCC1)C(=O)N2c1ccc(Cl)cc1. The van der Waals surface area contributed by atoms with E-state index in [9.17, 15) is 9.59 Å². The van der Waals surface area contributed by atoms with Gasteiger partial charge < -0.3 is 10.1 Å². The maximum atomic E-state index is 13.5. The minimum atomic E-state index is -0.904. The van der Waals surface area contributed by atoms with E-state index in [1.165, 1.54) is 0 Å². The van der Waals surface area contributed by atoms with Gasteiger partial charge in [-0.05, 0) is 68.5 Å². The zero-order valence-electron chi connectivity index (χ0n) is 16.6. The lowest BCUT2D eigenvalue weighted by molar-refractivity contribution is -0.134. The van der Waals surface area contributed by atoms with Crippen molar-refractivity contribution in [1.29, 1.82) is 0 Å². The molecule has 2 aromatic rings. The van der Waals surface area contributed by atoms with Crippen molar-refractivity contribution in [2.45, 2.75) is 51.6 Å². The number of nitrogens with one attached hydrogen (secondary N) is 1. The molecule has 2 heterocycles. The number of carbonyl (C=O) groups excluding carboxylic acids is 2. The van der Waals surface area contributed by atoms with Gasteiger partial charge in [0.25, 0.3) is 5.91 Å². The zero-order valence-corrected chi connectivity index (χ0v) is 17.3. The molecule has 1 aliphatic carbocycles. The fourth-order valence-electron chi connectivity index (χ4n) is 3.83. The quantitative estimate of drug-likeness (QED) is 0.757. The van der Waals surface area contributed by atoms with Crippen LogP contribution >= 0.6 is 11.6 Å². The Morgan fingerprint density at radius 2 is 1.93 bits per heavy atom. The van der Waals surface area contributed by atoms with Gasteiger partial charge in [0, 0.05) is 16.6 Å². The molecule has 2 amide bonds. The van der Waals surface area contributed by atoms with Crippen molar-refractivity contribution in [2.75, 3.05) is 10.2 Å². The minimum absolute atomic E-state index is 0.0805. The first kappa shape index (κ1) is 19.7. The van der Waals surface area contributed by atoms with Gasteiger partial charge in [0.05, 0.1) is 0 Å². The monoisotopic (exact) mass is 413 g/mol. The number of fused-ring (bicyclic) bond motifs is 1. The van der Waals surface area contributed by atoms with E-state index in [-0.39, 0.29) is 17.7 Å². The van der Waals surface area contributed by atoms with Crippen molar-refractivity contribution in [3.63, 3.8) is 0 Å². The summed E-state index contributed by atoms with van der Waals surface area (Å²) in [6.45, 7) is 3.84. The number of rotatable bonds is 4. The lowest BCUT2D eigenvalue weighted by Gasteiger charge is -2.40. The highest BCUT2D eigenvalue weighted by atomic mass is 35.5. The molecule has 1 aromatic heterocycles. The van der Waals surface area contributed by atoms with Crippen molar-refractivity contribution < 1.29 is 14.3 Å². The van der Waals surface area contributed by atoms with Crippen molar-refractivity contribution in [3.8, 4) is 5.88 Å². The predicted octanol–water partition coefficient (Wildman–Crippen LogP) is 5.09. The van der Waals surface area contributed by atoms with Gasteiger partial charge in [0.1, 0.15) is 11.5 Å². The Balaban J connectivity index is 1.75. The molecule has 1 atom stereocenters. The molecule has 29 heavy (non-hydrogen) atoms. The van der Waals surface area contributed by atoms with Crippen LogP contribution < -0.4 is 15.0 Å². The van der Waals surface area contributed by atoms with Gasteiger partial charge in [0.2, 0.25) is 11.8 Å². The average Bonchev–Trinajstić information content (AvgIpc) is 3.18. The van der Waals surface area contributed by atoms with Gasteiger partial charge in [-0.1, -0.05) is 25.4 Å². The summed E-state index contributed by atoms with van der Waals surface area (Å²) in [5.74, 6) is 0.512. The first-order chi connectivity index (χ1) is 13.9. The first-order valence-corrected chi connectivity index (χ1v) is 10.4. The Kier molecular flexibility index (Phi) is 5.21. The zero-order chi connectivity index (χ0) is 20.6. The molecule has 1 aliphatic heterocycles. The van der Waals surface area contributed by atoms with Crippen LogP contribution in [0.2, 0.25) is 5.02 Å². The van der Waals surface area contributed by atoms with E-state index in [4.69, 9.17) is 16.3 Å². The number of hydrogen-bond acceptors (Lipinski definition) is 4. The molecule has 0 saturated heterocycles. The van der Waals surface area contributed by atoms with Crippen molar-refractivity contribution in [1.82, 2.24) is 4.98 Å². The summed E-state index contributed by atoms with van der Waals surface area (Å²) in [4.78, 5) is 31.9. The van der Waals surface area contributed by atoms with Gasteiger partial charge in [0.15, 0.2) is 5.60 Å². The fourth-order valence-corrected chi connectivity index (χ4v) is 3.96. The molecular weight excluding hydrogens is 390 g/mol. The maximum Gasteiger partial charge on any atom is 0.275 e. The van der Waals surface area contributed by atoms with Crippen molar-refractivity contribution >= 4 is 40.6 Å². The van der Waals surface area contributed by atoms with E-state index < -0.39 is 5.60 Å². The highest BCUT2D eigenvalue weighted by Gasteiger charge is 2.51. The number of benzene rings is 1. The van der Waals surface area contributed by atoms with E-state index >= 15 is 0 Å². The minimum Gasteiger partial charge on any atom is -0.459 e. The van der Waals surface area contributed by atoms with Gasteiger partial charge in [-0.3, -0.25) is 14.5 Å². The molecule has 1 fully saturated rings. The number of halogens is 1. The summed E-state index contributed by atoms with van der Waals surface area (Å²) < 4.78 is 6.20. The third kappa shape index (κ3) is 3.57. The summed E-state index contributed by atoms with van der Waals surface area (Å²) in [6, 6.07) is 10.6. The largest absolute Gasteiger partial charge is 0.459 e. The molecular formula is C22H24ClN3O3. The molecule has 0 unspecified atom stereocenters. The molecule has 1 aromatic carbocycles. The molecule has 0 bridgehead atoms. The summed E-state index contributed by atoms with van der Waals surface area (Å²) in [7, 11) is 0. The Bertz CT molecular complexity index is 939. The van der Waals surface area contributed by atoms with Crippen LogP contribution in [0.1, 0.15) is 46.0 Å². The van der Waals surface area contributed by atoms with Crippen LogP contribution in [-0.4, -0.2) is 22.4 Å². The lowest BCUT2D eigenvalue weighted by Crippen LogP contribution is -2.53.